The van der Waals surface area contributed by atoms with E-state index >= 15 is 0 Å². The molecule has 1 aromatic rings. The first-order chi connectivity index (χ1) is 9.51. The average Bonchev–Trinajstić information content (AvgIpc) is 2.41. The molecular formula is C13H19F2N3O2. The molecular weight excluding hydrogens is 268 g/mol. The van der Waals surface area contributed by atoms with Crippen LogP contribution in [0.2, 0.25) is 0 Å². The van der Waals surface area contributed by atoms with Gasteiger partial charge >= 0.3 is 0 Å². The van der Waals surface area contributed by atoms with E-state index in [4.69, 9.17) is 16.0 Å². The normalized spacial score (nSPS) is 11.7. The molecule has 0 spiro atoms. The summed E-state index contributed by atoms with van der Waals surface area (Å²) in [7, 11) is 1.59. The molecule has 0 radical (unpaired) electrons. The van der Waals surface area contributed by atoms with E-state index in [2.05, 4.69) is 5.16 Å². The summed E-state index contributed by atoms with van der Waals surface area (Å²) in [5, 5.41) is 19.9. The molecule has 0 aliphatic carbocycles. The maximum Gasteiger partial charge on any atom is 0.170 e. The highest BCUT2D eigenvalue weighted by atomic mass is 19.1. The minimum Gasteiger partial charge on any atom is -0.409 e. The van der Waals surface area contributed by atoms with Gasteiger partial charge in [-0.3, -0.25) is 0 Å². The molecule has 1 rings (SSSR count). The molecule has 1 aromatic carbocycles. The molecule has 0 amide bonds. The van der Waals surface area contributed by atoms with Crippen LogP contribution >= 0.6 is 0 Å². The average molecular weight is 287 g/mol. The van der Waals surface area contributed by atoms with Crippen molar-refractivity contribution in [3.63, 3.8) is 0 Å². The number of anilines is 1. The standard InChI is InChI=1S/C13H19F2N3O2/c1-18(5-3-2-4-6-19)12-10(14)7-9(8-11(12)15)13(16)17-20/h7-8,19-20H,2-6H2,1H3,(H2,16,17). The molecule has 0 atom stereocenters. The maximum atomic E-state index is 13.9. The van der Waals surface area contributed by atoms with Gasteiger partial charge in [0.15, 0.2) is 5.84 Å². The van der Waals surface area contributed by atoms with Crippen molar-refractivity contribution in [1.29, 1.82) is 0 Å². The summed E-state index contributed by atoms with van der Waals surface area (Å²) in [4.78, 5) is 1.47. The number of nitrogens with two attached hydrogens (primary N) is 1. The second kappa shape index (κ2) is 7.64. The van der Waals surface area contributed by atoms with Gasteiger partial charge in [0.1, 0.15) is 17.3 Å². The van der Waals surface area contributed by atoms with Gasteiger partial charge in [0, 0.05) is 25.8 Å². The number of aliphatic hydroxyl groups excluding tert-OH is 1. The Morgan fingerprint density at radius 2 is 1.85 bits per heavy atom. The second-order valence-electron chi connectivity index (χ2n) is 4.48. The van der Waals surface area contributed by atoms with Gasteiger partial charge in [-0.15, -0.1) is 0 Å². The topological polar surface area (TPSA) is 82.1 Å². The summed E-state index contributed by atoms with van der Waals surface area (Å²) in [6.07, 6.45) is 2.17. The molecule has 0 heterocycles. The van der Waals surface area contributed by atoms with Crippen molar-refractivity contribution in [2.75, 3.05) is 25.1 Å². The highest BCUT2D eigenvalue weighted by Crippen LogP contribution is 2.24. The van der Waals surface area contributed by atoms with Crippen molar-refractivity contribution >= 4 is 11.5 Å². The Balaban J connectivity index is 2.85. The Bertz CT molecular complexity index is 458. The molecule has 0 saturated heterocycles. The van der Waals surface area contributed by atoms with Crippen LogP contribution in [0.25, 0.3) is 0 Å². The number of hydrogen-bond donors (Lipinski definition) is 3. The van der Waals surface area contributed by atoms with Crippen LogP contribution in [0, 0.1) is 11.6 Å². The van der Waals surface area contributed by atoms with Crippen LogP contribution in [0.4, 0.5) is 14.5 Å². The third-order valence-electron chi connectivity index (χ3n) is 2.95. The molecule has 0 unspecified atom stereocenters. The highest BCUT2D eigenvalue weighted by Gasteiger charge is 2.16. The number of unbranched alkanes of at least 4 members (excludes halogenated alkanes) is 2. The van der Waals surface area contributed by atoms with Crippen molar-refractivity contribution in [2.24, 2.45) is 10.9 Å². The van der Waals surface area contributed by atoms with Gasteiger partial charge in [-0.25, -0.2) is 8.78 Å². The van der Waals surface area contributed by atoms with Gasteiger partial charge in [0.2, 0.25) is 0 Å². The molecule has 0 aromatic heterocycles. The fourth-order valence-electron chi connectivity index (χ4n) is 1.89. The number of oxime groups is 1. The van der Waals surface area contributed by atoms with E-state index in [1.165, 1.54) is 4.90 Å². The molecule has 0 aliphatic heterocycles. The van der Waals surface area contributed by atoms with Gasteiger partial charge in [0.05, 0.1) is 0 Å². The van der Waals surface area contributed by atoms with Crippen molar-refractivity contribution in [1.82, 2.24) is 0 Å². The Kier molecular flexibility index (Phi) is 6.17. The first-order valence-electron chi connectivity index (χ1n) is 6.30. The largest absolute Gasteiger partial charge is 0.409 e. The van der Waals surface area contributed by atoms with Crippen LogP contribution < -0.4 is 10.6 Å². The smallest absolute Gasteiger partial charge is 0.170 e. The van der Waals surface area contributed by atoms with E-state index in [1.54, 1.807) is 7.05 Å². The number of hydrogen-bond acceptors (Lipinski definition) is 4. The Morgan fingerprint density at radius 3 is 2.35 bits per heavy atom. The number of amidine groups is 1. The summed E-state index contributed by atoms with van der Waals surface area (Å²) in [5.74, 6) is -1.88. The van der Waals surface area contributed by atoms with Crippen molar-refractivity contribution in [3.05, 3.63) is 29.3 Å². The lowest BCUT2D eigenvalue weighted by Crippen LogP contribution is -2.22. The predicted molar refractivity (Wildman–Crippen MR) is 73.1 cm³/mol. The summed E-state index contributed by atoms with van der Waals surface area (Å²) < 4.78 is 27.8. The molecule has 4 N–H and O–H groups in total. The van der Waals surface area contributed by atoms with Crippen LogP contribution in [-0.4, -0.2) is 36.3 Å². The summed E-state index contributed by atoms with van der Waals surface area (Å²) in [5.41, 5.74) is 5.14. The Labute approximate surface area is 116 Å². The maximum absolute atomic E-state index is 13.9. The predicted octanol–water partition coefficient (Wildman–Crippen LogP) is 1.66. The van der Waals surface area contributed by atoms with Gasteiger partial charge < -0.3 is 20.9 Å². The molecule has 0 fully saturated rings. The van der Waals surface area contributed by atoms with Gasteiger partial charge in [-0.2, -0.15) is 0 Å². The molecule has 20 heavy (non-hydrogen) atoms. The Hall–Kier alpha value is -1.89. The van der Waals surface area contributed by atoms with E-state index in [1.807, 2.05) is 0 Å². The molecule has 112 valence electrons. The molecule has 0 aliphatic rings. The lowest BCUT2D eigenvalue weighted by molar-refractivity contribution is 0.283. The van der Waals surface area contributed by atoms with Gasteiger partial charge in [0.25, 0.3) is 0 Å². The number of aliphatic hydroxyl groups is 1. The van der Waals surface area contributed by atoms with E-state index in [0.29, 0.717) is 13.0 Å². The molecule has 0 saturated carbocycles. The third kappa shape index (κ3) is 4.06. The lowest BCUT2D eigenvalue weighted by Gasteiger charge is -2.21. The van der Waals surface area contributed by atoms with Crippen LogP contribution in [-0.2, 0) is 0 Å². The van der Waals surface area contributed by atoms with Crippen molar-refractivity contribution in [3.8, 4) is 0 Å². The van der Waals surface area contributed by atoms with E-state index < -0.39 is 11.6 Å². The van der Waals surface area contributed by atoms with Crippen LogP contribution in [0.15, 0.2) is 17.3 Å². The number of halogens is 2. The molecule has 5 nitrogen and oxygen atoms in total. The summed E-state index contributed by atoms with van der Waals surface area (Å²) >= 11 is 0. The van der Waals surface area contributed by atoms with E-state index in [-0.39, 0.29) is 23.7 Å². The fourth-order valence-corrected chi connectivity index (χ4v) is 1.89. The minimum absolute atomic E-state index is 0.0140. The SMILES string of the molecule is CN(CCCCCO)c1c(F)cc(C(N)=NO)cc1F. The summed E-state index contributed by atoms with van der Waals surface area (Å²) in [6.45, 7) is 0.581. The van der Waals surface area contributed by atoms with Crippen molar-refractivity contribution < 1.29 is 19.1 Å². The number of nitrogens with zero attached hydrogens (tertiary/aromatic N) is 2. The fraction of sp³-hybridized carbons (Fsp3) is 0.462. The Morgan fingerprint density at radius 1 is 1.25 bits per heavy atom. The second-order valence-corrected chi connectivity index (χ2v) is 4.48. The van der Waals surface area contributed by atoms with Crippen LogP contribution in [0.5, 0.6) is 0 Å². The quantitative estimate of drug-likeness (QED) is 0.234. The zero-order valence-electron chi connectivity index (χ0n) is 11.3. The molecule has 0 bridgehead atoms. The first kappa shape index (κ1) is 16.2. The van der Waals surface area contributed by atoms with Crippen LogP contribution in [0.3, 0.4) is 0 Å². The first-order valence-corrected chi connectivity index (χ1v) is 6.30. The van der Waals surface area contributed by atoms with Crippen molar-refractivity contribution in [2.45, 2.75) is 19.3 Å². The van der Waals surface area contributed by atoms with E-state index in [0.717, 1.165) is 25.0 Å². The minimum atomic E-state index is -0.767. The third-order valence-corrected chi connectivity index (χ3v) is 2.95. The summed E-state index contributed by atoms with van der Waals surface area (Å²) in [6, 6.07) is 2.05. The molecule has 7 heteroatoms. The zero-order chi connectivity index (χ0) is 15.1. The van der Waals surface area contributed by atoms with Gasteiger partial charge in [-0.1, -0.05) is 5.16 Å². The number of rotatable bonds is 7. The number of benzene rings is 1. The monoisotopic (exact) mass is 287 g/mol. The zero-order valence-corrected chi connectivity index (χ0v) is 11.3. The van der Waals surface area contributed by atoms with Crippen LogP contribution in [0.1, 0.15) is 24.8 Å². The highest BCUT2D eigenvalue weighted by molar-refractivity contribution is 5.97. The van der Waals surface area contributed by atoms with Gasteiger partial charge in [-0.05, 0) is 31.4 Å². The van der Waals surface area contributed by atoms with E-state index in [9.17, 15) is 8.78 Å². The lowest BCUT2D eigenvalue weighted by atomic mass is 10.1.